The molecule has 0 aromatic heterocycles. The van der Waals surface area contributed by atoms with Gasteiger partial charge in [0.25, 0.3) is 11.8 Å². The van der Waals surface area contributed by atoms with Crippen LogP contribution < -0.4 is 5.32 Å². The van der Waals surface area contributed by atoms with Crippen LogP contribution in [0.15, 0.2) is 29.2 Å². The van der Waals surface area contributed by atoms with E-state index in [0.717, 1.165) is 5.56 Å². The first kappa shape index (κ1) is 20.5. The molecule has 26 heavy (non-hydrogen) atoms. The summed E-state index contributed by atoms with van der Waals surface area (Å²) in [5.41, 5.74) is 1.12. The van der Waals surface area contributed by atoms with Gasteiger partial charge in [-0.3, -0.25) is 14.5 Å². The highest BCUT2D eigenvalue weighted by Crippen LogP contribution is 2.31. The van der Waals surface area contributed by atoms with E-state index in [2.05, 4.69) is 5.32 Å². The third-order valence-electron chi connectivity index (χ3n) is 3.67. The molecule has 2 amide bonds. The number of thiocarbonyl (C=S) groups is 1. The highest BCUT2D eigenvalue weighted by atomic mass is 32.2. The molecular formula is C17H18N2O4S3. The Balaban J connectivity index is 2.07. The molecule has 1 heterocycles. The highest BCUT2D eigenvalue weighted by molar-refractivity contribution is 8.26. The number of carboxylic acid groups (broad SMARTS) is 1. The number of rotatable bonds is 7. The van der Waals surface area contributed by atoms with Gasteiger partial charge in [-0.05, 0) is 42.2 Å². The fraction of sp³-hybridized carbons (Fsp3) is 0.294. The predicted molar refractivity (Wildman–Crippen MR) is 109 cm³/mol. The van der Waals surface area contributed by atoms with Crippen LogP contribution in [0.3, 0.4) is 0 Å². The van der Waals surface area contributed by atoms with Crippen molar-refractivity contribution >= 4 is 63.9 Å². The molecule has 2 N–H and O–H groups in total. The van der Waals surface area contributed by atoms with Crippen LogP contribution in [0.2, 0.25) is 0 Å². The molecule has 138 valence electrons. The summed E-state index contributed by atoms with van der Waals surface area (Å²) in [5, 5.41) is 11.7. The number of nitrogens with one attached hydrogen (secondary N) is 1. The zero-order chi connectivity index (χ0) is 19.3. The van der Waals surface area contributed by atoms with Crippen LogP contribution in [-0.4, -0.2) is 57.2 Å². The van der Waals surface area contributed by atoms with E-state index in [1.54, 1.807) is 37.4 Å². The smallest absolute Gasteiger partial charge is 0.326 e. The van der Waals surface area contributed by atoms with E-state index in [1.807, 2.05) is 6.26 Å². The molecule has 1 atom stereocenters. The number of likely N-dealkylation sites (N-methyl/N-ethyl adjacent to an activating group) is 1. The van der Waals surface area contributed by atoms with E-state index in [4.69, 9.17) is 12.2 Å². The molecule has 1 aromatic carbocycles. The number of amides is 2. The van der Waals surface area contributed by atoms with Crippen LogP contribution in [0.5, 0.6) is 0 Å². The molecule has 2 rings (SSSR count). The van der Waals surface area contributed by atoms with Crippen LogP contribution in [-0.2, 0) is 9.59 Å². The number of carbonyl (C=O) groups is 3. The van der Waals surface area contributed by atoms with Crippen LogP contribution in [0.1, 0.15) is 22.3 Å². The lowest BCUT2D eigenvalue weighted by atomic mass is 10.1. The Hall–Kier alpha value is -1.84. The summed E-state index contributed by atoms with van der Waals surface area (Å²) in [4.78, 5) is 37.4. The fourth-order valence-corrected chi connectivity index (χ4v) is 3.81. The lowest BCUT2D eigenvalue weighted by molar-refractivity contribution is -0.139. The summed E-state index contributed by atoms with van der Waals surface area (Å²) in [5.74, 6) is -0.998. The SMILES string of the molecule is CSCCC(NC(=O)c1ccc(/C=C2/SC(=S)N(C)C2=O)cc1)C(=O)O. The monoisotopic (exact) mass is 410 g/mol. The largest absolute Gasteiger partial charge is 0.480 e. The van der Waals surface area contributed by atoms with Crippen molar-refractivity contribution in [2.45, 2.75) is 12.5 Å². The van der Waals surface area contributed by atoms with Gasteiger partial charge in [-0.25, -0.2) is 4.79 Å². The third-order valence-corrected chi connectivity index (χ3v) is 5.80. The van der Waals surface area contributed by atoms with Gasteiger partial charge in [0.2, 0.25) is 0 Å². The van der Waals surface area contributed by atoms with E-state index in [0.29, 0.717) is 27.0 Å². The average molecular weight is 411 g/mol. The zero-order valence-electron chi connectivity index (χ0n) is 14.2. The zero-order valence-corrected chi connectivity index (χ0v) is 16.7. The molecular weight excluding hydrogens is 392 g/mol. The first-order valence-corrected chi connectivity index (χ1v) is 10.3. The second kappa shape index (κ2) is 9.20. The summed E-state index contributed by atoms with van der Waals surface area (Å²) in [6, 6.07) is 5.69. The number of carbonyl (C=O) groups excluding carboxylic acids is 2. The van der Waals surface area contributed by atoms with Crippen molar-refractivity contribution in [2.75, 3.05) is 19.1 Å². The normalized spacial score (nSPS) is 16.8. The van der Waals surface area contributed by atoms with Gasteiger partial charge < -0.3 is 10.4 Å². The molecule has 0 radical (unpaired) electrons. The maximum atomic E-state index is 12.2. The number of thioether (sulfide) groups is 2. The minimum absolute atomic E-state index is 0.153. The lowest BCUT2D eigenvalue weighted by Gasteiger charge is -2.14. The maximum Gasteiger partial charge on any atom is 0.326 e. The molecule has 1 aromatic rings. The van der Waals surface area contributed by atoms with E-state index in [1.165, 1.54) is 28.4 Å². The molecule has 0 bridgehead atoms. The quantitative estimate of drug-likeness (QED) is 0.527. The maximum absolute atomic E-state index is 12.2. The van der Waals surface area contributed by atoms with Crippen molar-refractivity contribution in [3.05, 3.63) is 40.3 Å². The molecule has 1 aliphatic rings. The van der Waals surface area contributed by atoms with Gasteiger partial charge in [-0.2, -0.15) is 11.8 Å². The van der Waals surface area contributed by atoms with E-state index in [9.17, 15) is 19.5 Å². The Bertz CT molecular complexity index is 762. The standard InChI is InChI=1S/C17H18N2O4S3/c1-19-15(21)13(26-17(19)24)9-10-3-5-11(6-4-10)14(20)18-12(16(22)23)7-8-25-2/h3-6,9,12H,7-8H2,1-2H3,(H,18,20)(H,22,23)/b13-9+. The van der Waals surface area contributed by atoms with Gasteiger partial charge in [-0.1, -0.05) is 36.1 Å². The Labute approximate surface area is 165 Å². The average Bonchev–Trinajstić information content (AvgIpc) is 2.85. The van der Waals surface area contributed by atoms with Gasteiger partial charge in [-0.15, -0.1) is 0 Å². The molecule has 6 nitrogen and oxygen atoms in total. The Morgan fingerprint density at radius 3 is 2.54 bits per heavy atom. The fourth-order valence-electron chi connectivity index (χ4n) is 2.16. The number of aliphatic carboxylic acids is 1. The first-order chi connectivity index (χ1) is 12.3. The summed E-state index contributed by atoms with van der Waals surface area (Å²) in [7, 11) is 1.63. The minimum atomic E-state index is -1.05. The topological polar surface area (TPSA) is 86.7 Å². The lowest BCUT2D eigenvalue weighted by Crippen LogP contribution is -2.41. The van der Waals surface area contributed by atoms with Crippen LogP contribution in [0.4, 0.5) is 0 Å². The molecule has 1 unspecified atom stereocenters. The number of carboxylic acids is 1. The van der Waals surface area contributed by atoms with Gasteiger partial charge in [0.1, 0.15) is 10.4 Å². The summed E-state index contributed by atoms with van der Waals surface area (Å²) in [6.07, 6.45) is 3.95. The van der Waals surface area contributed by atoms with Crippen LogP contribution >= 0.6 is 35.7 Å². The van der Waals surface area contributed by atoms with E-state index in [-0.39, 0.29) is 5.91 Å². The minimum Gasteiger partial charge on any atom is -0.480 e. The van der Waals surface area contributed by atoms with Crippen molar-refractivity contribution in [2.24, 2.45) is 0 Å². The van der Waals surface area contributed by atoms with Crippen molar-refractivity contribution in [1.29, 1.82) is 0 Å². The number of hydrogen-bond acceptors (Lipinski definition) is 6. The Kier molecular flexibility index (Phi) is 7.24. The van der Waals surface area contributed by atoms with Crippen molar-refractivity contribution < 1.29 is 19.5 Å². The van der Waals surface area contributed by atoms with Gasteiger partial charge in [0.05, 0.1) is 4.91 Å². The second-order valence-corrected chi connectivity index (χ2v) is 8.17. The second-order valence-electron chi connectivity index (χ2n) is 5.51. The van der Waals surface area contributed by atoms with Gasteiger partial charge in [0.15, 0.2) is 0 Å². The molecule has 1 fully saturated rings. The molecule has 0 aliphatic carbocycles. The highest BCUT2D eigenvalue weighted by Gasteiger charge is 2.28. The van der Waals surface area contributed by atoms with Gasteiger partial charge >= 0.3 is 5.97 Å². The van der Waals surface area contributed by atoms with E-state index >= 15 is 0 Å². The Morgan fingerprint density at radius 2 is 2.04 bits per heavy atom. The van der Waals surface area contributed by atoms with Crippen molar-refractivity contribution in [3.8, 4) is 0 Å². The molecule has 1 aliphatic heterocycles. The summed E-state index contributed by atoms with van der Waals surface area (Å²) in [6.45, 7) is 0. The van der Waals surface area contributed by atoms with Crippen molar-refractivity contribution in [3.63, 3.8) is 0 Å². The summed E-state index contributed by atoms with van der Waals surface area (Å²) >= 11 is 7.84. The third kappa shape index (κ3) is 5.09. The molecule has 0 spiro atoms. The number of nitrogens with zero attached hydrogens (tertiary/aromatic N) is 1. The van der Waals surface area contributed by atoms with Gasteiger partial charge in [0, 0.05) is 12.6 Å². The van der Waals surface area contributed by atoms with Crippen molar-refractivity contribution in [1.82, 2.24) is 10.2 Å². The first-order valence-electron chi connectivity index (χ1n) is 7.67. The van der Waals surface area contributed by atoms with Crippen LogP contribution in [0.25, 0.3) is 6.08 Å². The van der Waals surface area contributed by atoms with E-state index < -0.39 is 17.9 Å². The predicted octanol–water partition coefficient (Wildman–Crippen LogP) is 2.45. The molecule has 9 heteroatoms. The number of benzene rings is 1. The van der Waals surface area contributed by atoms with Crippen LogP contribution in [0, 0.1) is 0 Å². The Morgan fingerprint density at radius 1 is 1.38 bits per heavy atom. The number of hydrogen-bond donors (Lipinski definition) is 2. The molecule has 1 saturated heterocycles. The molecule has 0 saturated carbocycles. The summed E-state index contributed by atoms with van der Waals surface area (Å²) < 4.78 is 0.502.